The lowest BCUT2D eigenvalue weighted by molar-refractivity contribution is -0.123. The number of nitrogens with zero attached hydrogens (tertiary/aromatic N) is 1. The third kappa shape index (κ3) is 7.83. The van der Waals surface area contributed by atoms with Crippen LogP contribution in [0.25, 0.3) is 11.1 Å². The summed E-state index contributed by atoms with van der Waals surface area (Å²) in [5, 5.41) is 3.21. The maximum Gasteiger partial charge on any atom is 0.245 e. The van der Waals surface area contributed by atoms with Crippen LogP contribution in [0, 0.1) is 18.3 Å². The van der Waals surface area contributed by atoms with E-state index in [9.17, 15) is 4.79 Å². The van der Waals surface area contributed by atoms with Crippen LogP contribution in [0.4, 0.5) is 4.39 Å². The average molecular weight is 513 g/mol. The van der Waals surface area contributed by atoms with E-state index in [0.29, 0.717) is 37.4 Å². The van der Waals surface area contributed by atoms with Crippen molar-refractivity contribution in [2.75, 3.05) is 33.8 Å². The number of carbonyl (C=O) groups excluding carboxylic acids is 1. The third-order valence-corrected chi connectivity index (χ3v) is 5.82. The molecule has 5 nitrogen and oxygen atoms in total. The molecule has 38 heavy (non-hydrogen) atoms. The van der Waals surface area contributed by atoms with Crippen LogP contribution in [-0.2, 0) is 4.79 Å². The number of carbonyl (C=O) groups is 1. The van der Waals surface area contributed by atoms with Gasteiger partial charge in [-0.05, 0) is 53.0 Å². The maximum atomic E-state index is 15.3. The highest BCUT2D eigenvalue weighted by Gasteiger charge is 2.17. The highest BCUT2D eigenvalue weighted by molar-refractivity contribution is 5.98. The molecule has 0 fully saturated rings. The fraction of sp³-hybridized carbons (Fsp3) is 0.219. The molecule has 3 aromatic rings. The molecule has 0 aliphatic carbocycles. The third-order valence-electron chi connectivity index (χ3n) is 5.82. The van der Waals surface area contributed by atoms with Gasteiger partial charge in [-0.15, -0.1) is 0 Å². The SMILES string of the molecule is C#COc1ccc(/C(=C(\CC)c2ccccc2)c2ccc(OCCNC/C=C/C(=O)N(C)C)cc2)c(F)c1. The van der Waals surface area contributed by atoms with Crippen LogP contribution in [0.15, 0.2) is 84.9 Å². The van der Waals surface area contributed by atoms with Gasteiger partial charge in [0.05, 0.1) is 0 Å². The number of hydrogen-bond donors (Lipinski definition) is 1. The Hall–Kier alpha value is -4.34. The van der Waals surface area contributed by atoms with E-state index < -0.39 is 5.82 Å². The standard InChI is InChI=1S/C32H33FN2O3/c1-5-28(24-11-8-7-9-12-24)32(29-19-18-27(37-6-2)23-30(29)33)25-14-16-26(17-15-25)38-22-21-34-20-10-13-31(36)35(3)4/h2,7-19,23,34H,5,20-22H2,1,3-4H3/b13-10+,32-28+. The fourth-order valence-electron chi connectivity index (χ4n) is 3.94. The van der Waals surface area contributed by atoms with Crippen LogP contribution in [0.2, 0.25) is 0 Å². The van der Waals surface area contributed by atoms with Gasteiger partial charge in [0.1, 0.15) is 30.0 Å². The summed E-state index contributed by atoms with van der Waals surface area (Å²) in [5.41, 5.74) is 4.19. The van der Waals surface area contributed by atoms with Crippen LogP contribution in [-0.4, -0.2) is 44.6 Å². The molecule has 0 aliphatic rings. The van der Waals surface area contributed by atoms with Gasteiger partial charge in [0.25, 0.3) is 0 Å². The zero-order valence-electron chi connectivity index (χ0n) is 22.0. The molecule has 0 aromatic heterocycles. The molecule has 0 radical (unpaired) electrons. The van der Waals surface area contributed by atoms with E-state index in [1.54, 1.807) is 32.3 Å². The minimum absolute atomic E-state index is 0.0493. The Balaban J connectivity index is 1.79. The van der Waals surface area contributed by atoms with E-state index in [2.05, 4.69) is 18.3 Å². The number of rotatable bonds is 12. The average Bonchev–Trinajstić information content (AvgIpc) is 2.92. The largest absolute Gasteiger partial charge is 0.492 e. The number of amides is 1. The number of hydrogen-bond acceptors (Lipinski definition) is 4. The summed E-state index contributed by atoms with van der Waals surface area (Å²) in [5.74, 6) is 0.529. The predicted molar refractivity (Wildman–Crippen MR) is 151 cm³/mol. The number of benzene rings is 3. The Morgan fingerprint density at radius 2 is 1.74 bits per heavy atom. The van der Waals surface area contributed by atoms with Gasteiger partial charge in [0.15, 0.2) is 0 Å². The van der Waals surface area contributed by atoms with Gasteiger partial charge < -0.3 is 19.7 Å². The van der Waals surface area contributed by atoms with Crippen molar-refractivity contribution in [1.29, 1.82) is 0 Å². The maximum absolute atomic E-state index is 15.3. The van der Waals surface area contributed by atoms with Crippen molar-refractivity contribution in [3.05, 3.63) is 107 Å². The minimum atomic E-state index is -0.414. The number of ether oxygens (including phenoxy) is 2. The Morgan fingerprint density at radius 1 is 1.03 bits per heavy atom. The minimum Gasteiger partial charge on any atom is -0.492 e. The lowest BCUT2D eigenvalue weighted by Gasteiger charge is -2.18. The zero-order valence-corrected chi connectivity index (χ0v) is 22.0. The normalized spacial score (nSPS) is 11.6. The van der Waals surface area contributed by atoms with E-state index in [4.69, 9.17) is 15.9 Å². The van der Waals surface area contributed by atoms with Crippen LogP contribution in [0.3, 0.4) is 0 Å². The van der Waals surface area contributed by atoms with Crippen LogP contribution in [0.1, 0.15) is 30.0 Å². The van der Waals surface area contributed by atoms with Gasteiger partial charge in [-0.2, -0.15) is 0 Å². The van der Waals surface area contributed by atoms with Gasteiger partial charge in [-0.3, -0.25) is 4.79 Å². The number of terminal acetylenes is 1. The summed E-state index contributed by atoms with van der Waals surface area (Å²) in [6.45, 7) is 3.73. The summed E-state index contributed by atoms with van der Waals surface area (Å²) in [6, 6.07) is 22.3. The molecular weight excluding hydrogens is 479 g/mol. The second-order valence-corrected chi connectivity index (χ2v) is 8.65. The number of nitrogens with one attached hydrogen (secondary N) is 1. The molecule has 1 N–H and O–H groups in total. The van der Waals surface area contributed by atoms with Crippen molar-refractivity contribution in [3.63, 3.8) is 0 Å². The van der Waals surface area contributed by atoms with Gasteiger partial charge in [-0.1, -0.05) is 61.9 Å². The van der Waals surface area contributed by atoms with Crippen LogP contribution < -0.4 is 14.8 Å². The zero-order chi connectivity index (χ0) is 27.3. The van der Waals surface area contributed by atoms with Crippen LogP contribution >= 0.6 is 0 Å². The summed E-state index contributed by atoms with van der Waals surface area (Å²) in [6.07, 6.45) is 11.3. The highest BCUT2D eigenvalue weighted by atomic mass is 19.1. The van der Waals surface area contributed by atoms with Crippen molar-refractivity contribution in [1.82, 2.24) is 10.2 Å². The molecule has 0 atom stereocenters. The van der Waals surface area contributed by atoms with Gasteiger partial charge in [0.2, 0.25) is 5.91 Å². The predicted octanol–water partition coefficient (Wildman–Crippen LogP) is 5.78. The summed E-state index contributed by atoms with van der Waals surface area (Å²) < 4.78 is 26.2. The molecule has 0 aliphatic heterocycles. The Kier molecular flexibility index (Phi) is 10.7. The first-order valence-corrected chi connectivity index (χ1v) is 12.5. The van der Waals surface area contributed by atoms with Gasteiger partial charge in [0, 0.05) is 44.9 Å². The first kappa shape index (κ1) is 28.2. The Morgan fingerprint density at radius 3 is 2.37 bits per heavy atom. The fourth-order valence-corrected chi connectivity index (χ4v) is 3.94. The Labute approximate surface area is 224 Å². The van der Waals surface area contributed by atoms with Crippen molar-refractivity contribution in [3.8, 4) is 24.0 Å². The number of halogens is 1. The lowest BCUT2D eigenvalue weighted by Crippen LogP contribution is -2.22. The summed E-state index contributed by atoms with van der Waals surface area (Å²) in [7, 11) is 3.43. The van der Waals surface area contributed by atoms with E-state index >= 15 is 4.39 Å². The molecule has 3 aromatic carbocycles. The van der Waals surface area contributed by atoms with Crippen molar-refractivity contribution in [2.45, 2.75) is 13.3 Å². The smallest absolute Gasteiger partial charge is 0.245 e. The molecule has 0 saturated heterocycles. The monoisotopic (exact) mass is 512 g/mol. The molecular formula is C32H33FN2O3. The quantitative estimate of drug-likeness (QED) is 0.145. The second kappa shape index (κ2) is 14.4. The molecule has 6 heteroatoms. The molecule has 1 amide bonds. The molecule has 0 heterocycles. The lowest BCUT2D eigenvalue weighted by atomic mass is 9.88. The number of likely N-dealkylation sites (N-methyl/N-ethyl adjacent to an activating group) is 1. The molecule has 0 unspecified atom stereocenters. The van der Waals surface area contributed by atoms with Crippen molar-refractivity contribution < 1.29 is 18.7 Å². The van der Waals surface area contributed by atoms with Crippen molar-refractivity contribution in [2.24, 2.45) is 0 Å². The second-order valence-electron chi connectivity index (χ2n) is 8.65. The first-order valence-electron chi connectivity index (χ1n) is 12.5. The molecule has 196 valence electrons. The van der Waals surface area contributed by atoms with E-state index in [0.717, 1.165) is 22.3 Å². The molecule has 0 spiro atoms. The van der Waals surface area contributed by atoms with Gasteiger partial charge >= 0.3 is 0 Å². The van der Waals surface area contributed by atoms with E-state index in [1.807, 2.05) is 54.6 Å². The van der Waals surface area contributed by atoms with E-state index in [-0.39, 0.29) is 11.7 Å². The van der Waals surface area contributed by atoms with E-state index in [1.165, 1.54) is 17.0 Å². The highest BCUT2D eigenvalue weighted by Crippen LogP contribution is 2.37. The summed E-state index contributed by atoms with van der Waals surface area (Å²) in [4.78, 5) is 13.1. The topological polar surface area (TPSA) is 50.8 Å². The van der Waals surface area contributed by atoms with Crippen LogP contribution in [0.5, 0.6) is 11.5 Å². The van der Waals surface area contributed by atoms with Gasteiger partial charge in [-0.25, -0.2) is 4.39 Å². The summed E-state index contributed by atoms with van der Waals surface area (Å²) >= 11 is 0. The number of allylic oxidation sites excluding steroid dienone is 1. The van der Waals surface area contributed by atoms with Crippen molar-refractivity contribution >= 4 is 17.1 Å². The first-order chi connectivity index (χ1) is 18.4. The molecule has 3 rings (SSSR count). The molecule has 0 bridgehead atoms. The Bertz CT molecular complexity index is 1310. The molecule has 0 saturated carbocycles.